The average molecular weight is 156 g/mol. The van der Waals surface area contributed by atoms with E-state index in [1.165, 1.54) is 0 Å². The smallest absolute Gasteiger partial charge is 0.0913 e. The fraction of sp³-hybridized carbons (Fsp3) is 1.00. The average Bonchev–Trinajstić information content (AvgIpc) is 2.36. The van der Waals surface area contributed by atoms with Crippen LogP contribution < -0.4 is 0 Å². The molecule has 0 aromatic heterocycles. The molecule has 0 aliphatic heterocycles. The second-order valence-electron chi connectivity index (χ2n) is 4.77. The third kappa shape index (κ3) is 0.744. The van der Waals surface area contributed by atoms with Crippen LogP contribution in [0.1, 0.15) is 33.1 Å². The summed E-state index contributed by atoms with van der Waals surface area (Å²) < 4.78 is 0. The highest BCUT2D eigenvalue weighted by Crippen LogP contribution is 2.57. The molecule has 2 fully saturated rings. The Balaban J connectivity index is 2.34. The molecule has 0 aromatic rings. The van der Waals surface area contributed by atoms with Gasteiger partial charge in [-0.05, 0) is 30.6 Å². The van der Waals surface area contributed by atoms with Crippen LogP contribution in [0.3, 0.4) is 0 Å². The Bertz CT molecular complexity index is 183. The highest BCUT2D eigenvalue weighted by Gasteiger charge is 2.60. The lowest BCUT2D eigenvalue weighted by molar-refractivity contribution is -0.102. The first-order chi connectivity index (χ1) is 4.97. The Morgan fingerprint density at radius 3 is 2.27 bits per heavy atom. The second-order valence-corrected chi connectivity index (χ2v) is 4.77. The second kappa shape index (κ2) is 1.80. The van der Waals surface area contributed by atoms with Crippen LogP contribution in [0.25, 0.3) is 0 Å². The SMILES string of the molecule is CC1(C)[C@H]2CC[C@](O)(C2)[C@H]1O. The zero-order valence-corrected chi connectivity index (χ0v) is 7.17. The van der Waals surface area contributed by atoms with E-state index in [9.17, 15) is 10.2 Å². The molecule has 0 spiro atoms. The molecule has 2 bridgehead atoms. The minimum Gasteiger partial charge on any atom is -0.390 e. The lowest BCUT2D eigenvalue weighted by Gasteiger charge is -2.37. The fourth-order valence-corrected chi connectivity index (χ4v) is 2.85. The van der Waals surface area contributed by atoms with Crippen LogP contribution in [-0.2, 0) is 0 Å². The summed E-state index contributed by atoms with van der Waals surface area (Å²) in [7, 11) is 0. The van der Waals surface area contributed by atoms with Gasteiger partial charge in [-0.2, -0.15) is 0 Å². The van der Waals surface area contributed by atoms with Crippen LogP contribution >= 0.6 is 0 Å². The van der Waals surface area contributed by atoms with Crippen molar-refractivity contribution in [2.75, 3.05) is 0 Å². The molecule has 2 rings (SSSR count). The molecule has 2 aliphatic carbocycles. The molecule has 2 heteroatoms. The van der Waals surface area contributed by atoms with E-state index in [1.807, 2.05) is 0 Å². The summed E-state index contributed by atoms with van der Waals surface area (Å²) in [5, 5.41) is 19.7. The predicted molar refractivity (Wildman–Crippen MR) is 42.1 cm³/mol. The van der Waals surface area contributed by atoms with Crippen LogP contribution in [0.15, 0.2) is 0 Å². The molecule has 0 saturated heterocycles. The van der Waals surface area contributed by atoms with Gasteiger partial charge in [-0.3, -0.25) is 0 Å². The summed E-state index contributed by atoms with van der Waals surface area (Å²) in [6.45, 7) is 4.11. The Hall–Kier alpha value is -0.0800. The van der Waals surface area contributed by atoms with Crippen LogP contribution in [0.4, 0.5) is 0 Å². The molecule has 11 heavy (non-hydrogen) atoms. The van der Waals surface area contributed by atoms with Gasteiger partial charge in [0.15, 0.2) is 0 Å². The quantitative estimate of drug-likeness (QED) is 0.547. The van der Waals surface area contributed by atoms with Gasteiger partial charge in [-0.15, -0.1) is 0 Å². The number of hydrogen-bond donors (Lipinski definition) is 2. The maximum atomic E-state index is 9.90. The molecule has 0 unspecified atom stereocenters. The van der Waals surface area contributed by atoms with E-state index in [4.69, 9.17) is 0 Å². The molecule has 3 atom stereocenters. The summed E-state index contributed by atoms with van der Waals surface area (Å²) in [5.74, 6) is 0.530. The predicted octanol–water partition coefficient (Wildman–Crippen LogP) is 0.918. The van der Waals surface area contributed by atoms with E-state index in [1.54, 1.807) is 0 Å². The van der Waals surface area contributed by atoms with Crippen molar-refractivity contribution in [1.29, 1.82) is 0 Å². The van der Waals surface area contributed by atoms with Crippen molar-refractivity contribution in [1.82, 2.24) is 0 Å². The molecule has 0 aromatic carbocycles. The van der Waals surface area contributed by atoms with Crippen LogP contribution in [0.2, 0.25) is 0 Å². The number of hydrogen-bond acceptors (Lipinski definition) is 2. The summed E-state index contributed by atoms with van der Waals surface area (Å²) in [4.78, 5) is 0. The van der Waals surface area contributed by atoms with Gasteiger partial charge in [-0.1, -0.05) is 13.8 Å². The van der Waals surface area contributed by atoms with E-state index < -0.39 is 11.7 Å². The zero-order chi connectivity index (χ0) is 8.28. The summed E-state index contributed by atoms with van der Waals surface area (Å²) in [6.07, 6.45) is 2.18. The van der Waals surface area contributed by atoms with Crippen molar-refractivity contribution in [3.05, 3.63) is 0 Å². The lowest BCUT2D eigenvalue weighted by Crippen LogP contribution is -2.45. The normalized spacial score (nSPS) is 53.5. The van der Waals surface area contributed by atoms with E-state index in [0.717, 1.165) is 19.3 Å². The van der Waals surface area contributed by atoms with Crippen molar-refractivity contribution in [3.63, 3.8) is 0 Å². The number of rotatable bonds is 0. The van der Waals surface area contributed by atoms with E-state index >= 15 is 0 Å². The maximum Gasteiger partial charge on any atom is 0.0913 e. The molecular formula is C9H16O2. The van der Waals surface area contributed by atoms with Crippen molar-refractivity contribution >= 4 is 0 Å². The largest absolute Gasteiger partial charge is 0.390 e. The molecule has 2 saturated carbocycles. The van der Waals surface area contributed by atoms with Gasteiger partial charge in [0.05, 0.1) is 11.7 Å². The van der Waals surface area contributed by atoms with E-state index in [-0.39, 0.29) is 5.41 Å². The molecule has 2 N–H and O–H groups in total. The first kappa shape index (κ1) is 7.56. The van der Waals surface area contributed by atoms with Gasteiger partial charge in [0.1, 0.15) is 0 Å². The van der Waals surface area contributed by atoms with Crippen molar-refractivity contribution in [2.24, 2.45) is 11.3 Å². The third-order valence-electron chi connectivity index (χ3n) is 3.79. The monoisotopic (exact) mass is 156 g/mol. The molecule has 0 amide bonds. The number of fused-ring (bicyclic) bond motifs is 2. The first-order valence-electron chi connectivity index (χ1n) is 4.37. The summed E-state index contributed by atoms with van der Waals surface area (Å²) in [6, 6.07) is 0. The van der Waals surface area contributed by atoms with Gasteiger partial charge in [0.2, 0.25) is 0 Å². The van der Waals surface area contributed by atoms with Crippen molar-refractivity contribution in [3.8, 4) is 0 Å². The zero-order valence-electron chi connectivity index (χ0n) is 7.17. The number of aliphatic hydroxyl groups is 2. The standard InChI is InChI=1S/C9H16O2/c1-8(2)6-3-4-9(11,5-6)7(8)10/h6-7,10-11H,3-5H2,1-2H3/t6-,7-,9-/m0/s1. The maximum absolute atomic E-state index is 9.90. The Kier molecular flexibility index (Phi) is 1.24. The molecular weight excluding hydrogens is 140 g/mol. The van der Waals surface area contributed by atoms with Gasteiger partial charge >= 0.3 is 0 Å². The van der Waals surface area contributed by atoms with Crippen molar-refractivity contribution < 1.29 is 10.2 Å². The van der Waals surface area contributed by atoms with E-state index in [2.05, 4.69) is 13.8 Å². The minimum atomic E-state index is -0.742. The van der Waals surface area contributed by atoms with Crippen LogP contribution in [-0.4, -0.2) is 21.9 Å². The molecule has 64 valence electrons. The van der Waals surface area contributed by atoms with Gasteiger partial charge in [0.25, 0.3) is 0 Å². The van der Waals surface area contributed by atoms with Gasteiger partial charge < -0.3 is 10.2 Å². The molecule has 2 aliphatic rings. The fourth-order valence-electron chi connectivity index (χ4n) is 2.85. The number of aliphatic hydroxyl groups excluding tert-OH is 1. The van der Waals surface area contributed by atoms with Gasteiger partial charge in [0, 0.05) is 0 Å². The molecule has 0 radical (unpaired) electrons. The third-order valence-corrected chi connectivity index (χ3v) is 3.79. The highest BCUT2D eigenvalue weighted by atomic mass is 16.3. The Labute approximate surface area is 67.2 Å². The van der Waals surface area contributed by atoms with E-state index in [0.29, 0.717) is 5.92 Å². The molecule has 0 heterocycles. The Morgan fingerprint density at radius 1 is 1.36 bits per heavy atom. The van der Waals surface area contributed by atoms with Crippen LogP contribution in [0.5, 0.6) is 0 Å². The van der Waals surface area contributed by atoms with Crippen molar-refractivity contribution in [2.45, 2.75) is 44.8 Å². The Morgan fingerprint density at radius 2 is 2.00 bits per heavy atom. The summed E-state index contributed by atoms with van der Waals surface area (Å²) >= 11 is 0. The topological polar surface area (TPSA) is 40.5 Å². The highest BCUT2D eigenvalue weighted by molar-refractivity contribution is 5.11. The lowest BCUT2D eigenvalue weighted by atomic mass is 9.73. The van der Waals surface area contributed by atoms with Crippen LogP contribution in [0, 0.1) is 11.3 Å². The van der Waals surface area contributed by atoms with Gasteiger partial charge in [-0.25, -0.2) is 0 Å². The summed E-state index contributed by atoms with van der Waals surface area (Å²) in [5.41, 5.74) is -0.804. The first-order valence-corrected chi connectivity index (χ1v) is 4.37. The molecule has 2 nitrogen and oxygen atoms in total. The minimum absolute atomic E-state index is 0.0625.